The lowest BCUT2D eigenvalue weighted by atomic mass is 9.92. The van der Waals surface area contributed by atoms with Crippen LogP contribution >= 0.6 is 0 Å². The first-order valence-electron chi connectivity index (χ1n) is 6.93. The smallest absolute Gasteiger partial charge is 0.407 e. The molecule has 1 amide bonds. The maximum Gasteiger partial charge on any atom is 0.407 e. The number of ether oxygens (including phenoxy) is 1. The number of nitrogens with one attached hydrogen (secondary N) is 1. The van der Waals surface area contributed by atoms with Gasteiger partial charge in [-0.1, -0.05) is 13.3 Å². The van der Waals surface area contributed by atoms with Crippen LogP contribution in [0.1, 0.15) is 40.5 Å². The molecular weight excluding hydrogens is 242 g/mol. The van der Waals surface area contributed by atoms with Crippen molar-refractivity contribution in [2.24, 2.45) is 5.92 Å². The summed E-state index contributed by atoms with van der Waals surface area (Å²) in [6, 6.07) is 2.25. The van der Waals surface area contributed by atoms with Crippen LogP contribution in [0, 0.1) is 17.2 Å². The molecule has 1 aliphatic heterocycles. The molecule has 1 heterocycles. The van der Waals surface area contributed by atoms with Crippen molar-refractivity contribution < 1.29 is 9.53 Å². The van der Waals surface area contributed by atoms with Crippen LogP contribution in [0.25, 0.3) is 0 Å². The van der Waals surface area contributed by atoms with Gasteiger partial charge in [-0.15, -0.1) is 0 Å². The molecule has 2 unspecified atom stereocenters. The minimum Gasteiger partial charge on any atom is -0.444 e. The van der Waals surface area contributed by atoms with E-state index in [0.717, 1.165) is 25.9 Å². The van der Waals surface area contributed by atoms with Crippen LogP contribution in [-0.2, 0) is 4.74 Å². The Labute approximate surface area is 115 Å². The Bertz CT molecular complexity index is 344. The molecule has 0 aliphatic carbocycles. The predicted molar refractivity (Wildman–Crippen MR) is 73.6 cm³/mol. The maximum absolute atomic E-state index is 11.8. The fourth-order valence-electron chi connectivity index (χ4n) is 2.41. The van der Waals surface area contributed by atoms with E-state index < -0.39 is 5.60 Å². The molecule has 1 N–H and O–H groups in total. The second-order valence-corrected chi connectivity index (χ2v) is 6.21. The van der Waals surface area contributed by atoms with Gasteiger partial charge in [0.1, 0.15) is 5.60 Å². The third kappa shape index (κ3) is 5.93. The Hall–Kier alpha value is -1.28. The van der Waals surface area contributed by atoms with Crippen molar-refractivity contribution in [1.82, 2.24) is 10.2 Å². The van der Waals surface area contributed by atoms with Crippen molar-refractivity contribution in [3.63, 3.8) is 0 Å². The fourth-order valence-corrected chi connectivity index (χ4v) is 2.41. The summed E-state index contributed by atoms with van der Waals surface area (Å²) in [7, 11) is 0. The predicted octanol–water partition coefficient (Wildman–Crippen LogP) is 2.14. The average molecular weight is 267 g/mol. The lowest BCUT2D eigenvalue weighted by molar-refractivity contribution is 0.0454. The van der Waals surface area contributed by atoms with Gasteiger partial charge in [0, 0.05) is 19.1 Å². The number of hydrogen-bond acceptors (Lipinski definition) is 4. The quantitative estimate of drug-likeness (QED) is 0.796. The zero-order valence-corrected chi connectivity index (χ0v) is 12.4. The number of carbonyl (C=O) groups excluding carboxylic acids is 1. The first-order valence-corrected chi connectivity index (χ1v) is 6.93. The Morgan fingerprint density at radius 1 is 1.47 bits per heavy atom. The molecule has 5 heteroatoms. The van der Waals surface area contributed by atoms with Crippen LogP contribution in [-0.4, -0.2) is 42.3 Å². The van der Waals surface area contributed by atoms with Crippen LogP contribution in [0.2, 0.25) is 0 Å². The number of nitriles is 1. The molecule has 1 saturated heterocycles. The summed E-state index contributed by atoms with van der Waals surface area (Å²) in [4.78, 5) is 13.9. The largest absolute Gasteiger partial charge is 0.444 e. The lowest BCUT2D eigenvalue weighted by Crippen LogP contribution is -2.51. The number of amides is 1. The Morgan fingerprint density at radius 3 is 2.68 bits per heavy atom. The van der Waals surface area contributed by atoms with Crippen LogP contribution in [0.3, 0.4) is 0 Å². The van der Waals surface area contributed by atoms with Crippen LogP contribution < -0.4 is 5.32 Å². The van der Waals surface area contributed by atoms with E-state index in [4.69, 9.17) is 10.00 Å². The second-order valence-electron chi connectivity index (χ2n) is 6.21. The zero-order chi connectivity index (χ0) is 14.5. The molecule has 108 valence electrons. The number of likely N-dealkylation sites (tertiary alicyclic amines) is 1. The third-order valence-electron chi connectivity index (χ3n) is 3.21. The molecule has 1 rings (SSSR count). The summed E-state index contributed by atoms with van der Waals surface area (Å²) >= 11 is 0. The third-order valence-corrected chi connectivity index (χ3v) is 3.21. The van der Waals surface area contributed by atoms with E-state index in [2.05, 4.69) is 23.2 Å². The number of piperidine rings is 1. The summed E-state index contributed by atoms with van der Waals surface area (Å²) in [5.74, 6) is 0.530. The van der Waals surface area contributed by atoms with Crippen molar-refractivity contribution in [3.8, 4) is 6.07 Å². The average Bonchev–Trinajstić information content (AvgIpc) is 2.26. The Kier molecular flexibility index (Phi) is 5.61. The summed E-state index contributed by atoms with van der Waals surface area (Å²) in [6.45, 7) is 9.78. The monoisotopic (exact) mass is 267 g/mol. The topological polar surface area (TPSA) is 65.4 Å². The van der Waals surface area contributed by atoms with E-state index in [1.807, 2.05) is 20.8 Å². The van der Waals surface area contributed by atoms with E-state index in [1.54, 1.807) is 0 Å². The highest BCUT2D eigenvalue weighted by molar-refractivity contribution is 5.68. The molecule has 19 heavy (non-hydrogen) atoms. The Morgan fingerprint density at radius 2 is 2.16 bits per heavy atom. The van der Waals surface area contributed by atoms with Gasteiger partial charge in [-0.3, -0.25) is 4.90 Å². The normalized spacial score (nSPS) is 24.6. The number of hydrogen-bond donors (Lipinski definition) is 1. The minimum atomic E-state index is -0.477. The first-order chi connectivity index (χ1) is 8.84. The molecule has 1 aliphatic rings. The molecule has 0 spiro atoms. The van der Waals surface area contributed by atoms with E-state index in [9.17, 15) is 4.79 Å². The molecule has 0 aromatic heterocycles. The van der Waals surface area contributed by atoms with Gasteiger partial charge in [0.15, 0.2) is 0 Å². The molecule has 0 bridgehead atoms. The van der Waals surface area contributed by atoms with E-state index >= 15 is 0 Å². The van der Waals surface area contributed by atoms with Crippen molar-refractivity contribution >= 4 is 6.09 Å². The van der Waals surface area contributed by atoms with Gasteiger partial charge in [0.25, 0.3) is 0 Å². The van der Waals surface area contributed by atoms with Gasteiger partial charge in [0.2, 0.25) is 0 Å². The van der Waals surface area contributed by atoms with Gasteiger partial charge in [0.05, 0.1) is 12.6 Å². The van der Waals surface area contributed by atoms with Gasteiger partial charge in [-0.25, -0.2) is 4.79 Å². The van der Waals surface area contributed by atoms with Gasteiger partial charge >= 0.3 is 6.09 Å². The van der Waals surface area contributed by atoms with Crippen LogP contribution in [0.15, 0.2) is 0 Å². The molecule has 0 aromatic carbocycles. The van der Waals surface area contributed by atoms with Crippen LogP contribution in [0.4, 0.5) is 4.79 Å². The fraction of sp³-hybridized carbons (Fsp3) is 0.857. The van der Waals surface area contributed by atoms with Crippen LogP contribution in [0.5, 0.6) is 0 Å². The van der Waals surface area contributed by atoms with Gasteiger partial charge in [-0.2, -0.15) is 5.26 Å². The van der Waals surface area contributed by atoms with Crippen molar-refractivity contribution in [1.29, 1.82) is 5.26 Å². The standard InChI is InChI=1S/C14H25N3O2/c1-5-11-8-12(10-17(9-11)7-6-15)16-13(18)19-14(2,3)4/h11-12H,5,7-10H2,1-4H3,(H,16,18). The highest BCUT2D eigenvalue weighted by Crippen LogP contribution is 2.20. The van der Waals surface area contributed by atoms with E-state index in [-0.39, 0.29) is 12.1 Å². The Balaban J connectivity index is 2.52. The summed E-state index contributed by atoms with van der Waals surface area (Å²) in [5.41, 5.74) is -0.477. The second kappa shape index (κ2) is 6.76. The first kappa shape index (κ1) is 15.8. The van der Waals surface area contributed by atoms with Gasteiger partial charge < -0.3 is 10.1 Å². The highest BCUT2D eigenvalue weighted by Gasteiger charge is 2.28. The zero-order valence-electron chi connectivity index (χ0n) is 12.4. The molecule has 2 atom stereocenters. The summed E-state index contributed by atoms with van der Waals surface area (Å²) in [5, 5.41) is 11.7. The maximum atomic E-state index is 11.8. The molecule has 0 saturated carbocycles. The molecule has 0 radical (unpaired) electrons. The molecule has 1 fully saturated rings. The molecule has 0 aromatic rings. The number of nitrogens with zero attached hydrogens (tertiary/aromatic N) is 2. The van der Waals surface area contributed by atoms with Crippen molar-refractivity contribution in [2.45, 2.75) is 52.2 Å². The molecular formula is C14H25N3O2. The van der Waals surface area contributed by atoms with Gasteiger partial charge in [-0.05, 0) is 33.1 Å². The summed E-state index contributed by atoms with van der Waals surface area (Å²) < 4.78 is 5.27. The number of carbonyl (C=O) groups is 1. The lowest BCUT2D eigenvalue weighted by Gasteiger charge is -2.36. The highest BCUT2D eigenvalue weighted by atomic mass is 16.6. The van der Waals surface area contributed by atoms with Crippen molar-refractivity contribution in [2.75, 3.05) is 19.6 Å². The number of rotatable bonds is 3. The SMILES string of the molecule is CCC1CC(NC(=O)OC(C)(C)C)CN(CC#N)C1. The summed E-state index contributed by atoms with van der Waals surface area (Å²) in [6.07, 6.45) is 1.65. The molecule has 5 nitrogen and oxygen atoms in total. The minimum absolute atomic E-state index is 0.0712. The van der Waals surface area contributed by atoms with E-state index in [0.29, 0.717) is 12.5 Å². The van der Waals surface area contributed by atoms with Crippen molar-refractivity contribution in [3.05, 3.63) is 0 Å². The number of alkyl carbamates (subject to hydrolysis) is 1. The van der Waals surface area contributed by atoms with E-state index in [1.165, 1.54) is 0 Å².